The Morgan fingerprint density at radius 2 is 2.23 bits per heavy atom. The Balaban J connectivity index is 1.43. The first kappa shape index (κ1) is 20.8. The van der Waals surface area contributed by atoms with Crippen LogP contribution in [0.3, 0.4) is 0 Å². The number of ether oxygens (including phenoxy) is 2. The average Bonchev–Trinajstić information content (AvgIpc) is 3.41. The third kappa shape index (κ3) is 4.52. The van der Waals surface area contributed by atoms with E-state index in [1.807, 2.05) is 11.0 Å². The van der Waals surface area contributed by atoms with Gasteiger partial charge in [0, 0.05) is 36.6 Å². The lowest BCUT2D eigenvalue weighted by Crippen LogP contribution is -2.32. The molecule has 1 aliphatic rings. The molecular formula is C20H22FN7O3. The second-order valence-corrected chi connectivity index (χ2v) is 7.28. The van der Waals surface area contributed by atoms with E-state index < -0.39 is 12.0 Å². The van der Waals surface area contributed by atoms with Crippen molar-refractivity contribution in [2.75, 3.05) is 24.8 Å². The van der Waals surface area contributed by atoms with Gasteiger partial charge in [-0.2, -0.15) is 0 Å². The number of hydrogen-bond donors (Lipinski definition) is 1. The van der Waals surface area contributed by atoms with Crippen LogP contribution in [0.1, 0.15) is 6.92 Å². The summed E-state index contributed by atoms with van der Waals surface area (Å²) in [5.74, 6) is -0.329. The third-order valence-electron chi connectivity index (χ3n) is 4.91. The zero-order chi connectivity index (χ0) is 22.0. The summed E-state index contributed by atoms with van der Waals surface area (Å²) in [6, 6.07) is 7.82. The topological polar surface area (TPSA) is 121 Å². The Hall–Kier alpha value is -3.44. The SMILES string of the molecule is C[C@H](N)C(=O)OC[C@H]1CN(c2ccc(-c3ccc(-c4nnnn4C)nc3)c(F)c2)CO1. The van der Waals surface area contributed by atoms with Crippen LogP contribution in [0.25, 0.3) is 22.6 Å². The van der Waals surface area contributed by atoms with Gasteiger partial charge in [-0.15, -0.1) is 5.10 Å². The van der Waals surface area contributed by atoms with Crippen molar-refractivity contribution in [3.8, 4) is 22.6 Å². The lowest BCUT2D eigenvalue weighted by atomic mass is 10.1. The van der Waals surface area contributed by atoms with Gasteiger partial charge >= 0.3 is 5.97 Å². The number of nitrogens with zero attached hydrogens (tertiary/aromatic N) is 6. The Morgan fingerprint density at radius 1 is 1.39 bits per heavy atom. The Kier molecular flexibility index (Phi) is 5.87. The van der Waals surface area contributed by atoms with E-state index in [2.05, 4.69) is 20.5 Å². The molecule has 11 heteroatoms. The van der Waals surface area contributed by atoms with Gasteiger partial charge in [-0.1, -0.05) is 6.07 Å². The molecule has 0 saturated carbocycles. The number of nitrogens with two attached hydrogens (primary N) is 1. The number of tetrazole rings is 1. The van der Waals surface area contributed by atoms with Crippen LogP contribution in [0.2, 0.25) is 0 Å². The summed E-state index contributed by atoms with van der Waals surface area (Å²) in [5.41, 5.74) is 7.82. The van der Waals surface area contributed by atoms with Crippen molar-refractivity contribution in [2.24, 2.45) is 12.8 Å². The van der Waals surface area contributed by atoms with Gasteiger partial charge in [-0.3, -0.25) is 9.78 Å². The smallest absolute Gasteiger partial charge is 0.322 e. The van der Waals surface area contributed by atoms with Crippen LogP contribution in [0.4, 0.5) is 10.1 Å². The van der Waals surface area contributed by atoms with Crippen molar-refractivity contribution < 1.29 is 18.7 Å². The molecule has 2 N–H and O–H groups in total. The highest BCUT2D eigenvalue weighted by atomic mass is 19.1. The fraction of sp³-hybridized carbons (Fsp3) is 0.350. The average molecular weight is 427 g/mol. The number of benzene rings is 1. The van der Waals surface area contributed by atoms with Crippen LogP contribution in [0.15, 0.2) is 36.5 Å². The first-order valence-corrected chi connectivity index (χ1v) is 9.70. The first-order valence-electron chi connectivity index (χ1n) is 9.70. The van der Waals surface area contributed by atoms with E-state index in [9.17, 15) is 9.18 Å². The van der Waals surface area contributed by atoms with Crippen LogP contribution in [0, 0.1) is 5.82 Å². The number of esters is 1. The van der Waals surface area contributed by atoms with E-state index in [1.165, 1.54) is 10.7 Å². The number of halogens is 1. The van der Waals surface area contributed by atoms with E-state index in [-0.39, 0.29) is 25.3 Å². The van der Waals surface area contributed by atoms with Gasteiger partial charge in [-0.25, -0.2) is 9.07 Å². The molecular weight excluding hydrogens is 405 g/mol. The summed E-state index contributed by atoms with van der Waals surface area (Å²) in [6.07, 6.45) is 1.29. The summed E-state index contributed by atoms with van der Waals surface area (Å²) < 4.78 is 27.1. The van der Waals surface area contributed by atoms with Gasteiger partial charge in [0.05, 0.1) is 0 Å². The van der Waals surface area contributed by atoms with Crippen molar-refractivity contribution in [3.05, 3.63) is 42.3 Å². The largest absolute Gasteiger partial charge is 0.462 e. The Morgan fingerprint density at radius 3 is 2.87 bits per heavy atom. The summed E-state index contributed by atoms with van der Waals surface area (Å²) in [6.45, 7) is 2.43. The van der Waals surface area contributed by atoms with Crippen molar-refractivity contribution in [2.45, 2.75) is 19.1 Å². The lowest BCUT2D eigenvalue weighted by Gasteiger charge is -2.17. The number of hydrogen-bond acceptors (Lipinski definition) is 9. The highest BCUT2D eigenvalue weighted by Gasteiger charge is 2.26. The molecule has 10 nitrogen and oxygen atoms in total. The molecule has 0 spiro atoms. The van der Waals surface area contributed by atoms with Gasteiger partial charge in [0.15, 0.2) is 5.82 Å². The maximum atomic E-state index is 14.9. The summed E-state index contributed by atoms with van der Waals surface area (Å²) in [5, 5.41) is 11.3. The fourth-order valence-corrected chi connectivity index (χ4v) is 3.20. The van der Waals surface area contributed by atoms with Gasteiger partial charge in [0.1, 0.15) is 37.0 Å². The molecule has 3 heterocycles. The van der Waals surface area contributed by atoms with E-state index in [1.54, 1.807) is 38.4 Å². The minimum absolute atomic E-state index is 0.108. The number of carbonyl (C=O) groups excluding carboxylic acids is 1. The molecule has 3 aromatic rings. The number of anilines is 1. The van der Waals surface area contributed by atoms with Crippen LogP contribution >= 0.6 is 0 Å². The second kappa shape index (κ2) is 8.74. The fourth-order valence-electron chi connectivity index (χ4n) is 3.20. The number of carbonyl (C=O) groups is 1. The molecule has 162 valence electrons. The van der Waals surface area contributed by atoms with E-state index in [0.717, 1.165) is 0 Å². The Bertz CT molecular complexity index is 1070. The molecule has 0 unspecified atom stereocenters. The predicted molar refractivity (Wildman–Crippen MR) is 109 cm³/mol. The minimum Gasteiger partial charge on any atom is -0.462 e. The Labute approximate surface area is 177 Å². The maximum Gasteiger partial charge on any atom is 0.322 e. The van der Waals surface area contributed by atoms with Crippen molar-refractivity contribution in [1.29, 1.82) is 0 Å². The molecule has 4 rings (SSSR count). The normalized spacial score (nSPS) is 17.0. The van der Waals surface area contributed by atoms with Gasteiger partial charge < -0.3 is 20.1 Å². The van der Waals surface area contributed by atoms with E-state index >= 15 is 0 Å². The molecule has 0 amide bonds. The summed E-state index contributed by atoms with van der Waals surface area (Å²) >= 11 is 0. The quantitative estimate of drug-likeness (QED) is 0.577. The number of pyridine rings is 1. The summed E-state index contributed by atoms with van der Waals surface area (Å²) in [4.78, 5) is 17.7. The maximum absolute atomic E-state index is 14.9. The molecule has 1 saturated heterocycles. The zero-order valence-corrected chi connectivity index (χ0v) is 17.1. The van der Waals surface area contributed by atoms with Gasteiger partial charge in [-0.05, 0) is 41.6 Å². The van der Waals surface area contributed by atoms with Crippen molar-refractivity contribution in [1.82, 2.24) is 25.2 Å². The number of aryl methyl sites for hydroxylation is 1. The standard InChI is InChI=1S/C20H22FN7O3/c1-12(22)20(29)30-10-15-9-28(11-31-15)14-4-5-16(17(21)7-14)13-3-6-18(23-8-13)19-24-25-26-27(19)2/h3-8,12,15H,9-11,22H2,1-2H3/t12-,15+/m0/s1. The summed E-state index contributed by atoms with van der Waals surface area (Å²) in [7, 11) is 1.72. The second-order valence-electron chi connectivity index (χ2n) is 7.28. The highest BCUT2D eigenvalue weighted by Crippen LogP contribution is 2.29. The van der Waals surface area contributed by atoms with Crippen LogP contribution in [0.5, 0.6) is 0 Å². The molecule has 31 heavy (non-hydrogen) atoms. The van der Waals surface area contributed by atoms with Crippen molar-refractivity contribution >= 4 is 11.7 Å². The number of aromatic nitrogens is 5. The molecule has 0 aliphatic carbocycles. The molecule has 2 atom stereocenters. The van der Waals surface area contributed by atoms with Crippen LogP contribution in [-0.4, -0.2) is 63.2 Å². The number of rotatable bonds is 6. The van der Waals surface area contributed by atoms with Crippen LogP contribution < -0.4 is 10.6 Å². The molecule has 0 bridgehead atoms. The van der Waals surface area contributed by atoms with Crippen molar-refractivity contribution in [3.63, 3.8) is 0 Å². The first-order chi connectivity index (χ1) is 14.9. The molecule has 1 aliphatic heterocycles. The minimum atomic E-state index is -0.681. The molecule has 1 aromatic carbocycles. The monoisotopic (exact) mass is 427 g/mol. The molecule has 1 fully saturated rings. The third-order valence-corrected chi connectivity index (χ3v) is 4.91. The lowest BCUT2D eigenvalue weighted by molar-refractivity contribution is -0.147. The zero-order valence-electron chi connectivity index (χ0n) is 17.1. The highest BCUT2D eigenvalue weighted by molar-refractivity contribution is 5.75. The van der Waals surface area contributed by atoms with Gasteiger partial charge in [0.2, 0.25) is 0 Å². The van der Waals surface area contributed by atoms with E-state index in [0.29, 0.717) is 34.9 Å². The van der Waals surface area contributed by atoms with Gasteiger partial charge in [0.25, 0.3) is 0 Å². The van der Waals surface area contributed by atoms with E-state index in [4.69, 9.17) is 15.2 Å². The van der Waals surface area contributed by atoms with Crippen LogP contribution in [-0.2, 0) is 21.3 Å². The molecule has 2 aromatic heterocycles. The predicted octanol–water partition coefficient (Wildman–Crippen LogP) is 1.13. The molecule has 0 radical (unpaired) electrons.